The third-order valence-corrected chi connectivity index (χ3v) is 7.21. The number of benzene rings is 1. The zero-order chi connectivity index (χ0) is 19.5. The van der Waals surface area contributed by atoms with Crippen LogP contribution in [0.4, 0.5) is 23.1 Å². The molecule has 2 aromatic rings. The fourth-order valence-corrected chi connectivity index (χ4v) is 5.59. The number of allylic oxidation sites excluding steroid dienone is 1. The van der Waals surface area contributed by atoms with E-state index >= 15 is 0 Å². The summed E-state index contributed by atoms with van der Waals surface area (Å²) in [7, 11) is 0. The summed E-state index contributed by atoms with van der Waals surface area (Å²) in [5.41, 5.74) is 3.98. The van der Waals surface area contributed by atoms with E-state index in [1.54, 1.807) is 5.57 Å². The maximum atomic E-state index is 4.71. The normalized spacial score (nSPS) is 24.0. The molecule has 2 N–H and O–H groups in total. The van der Waals surface area contributed by atoms with Gasteiger partial charge in [-0.05, 0) is 68.4 Å². The molecule has 1 saturated heterocycles. The van der Waals surface area contributed by atoms with Crippen molar-refractivity contribution in [2.45, 2.75) is 38.1 Å². The smallest absolute Gasteiger partial charge is 0.229 e. The van der Waals surface area contributed by atoms with Crippen molar-refractivity contribution in [2.75, 3.05) is 40.1 Å². The second-order valence-corrected chi connectivity index (χ2v) is 9.43. The van der Waals surface area contributed by atoms with E-state index in [2.05, 4.69) is 50.9 Å². The first-order chi connectivity index (χ1) is 14.3. The molecule has 1 aromatic heterocycles. The molecular weight excluding hydrogens is 378 g/mol. The van der Waals surface area contributed by atoms with Gasteiger partial charge in [0.15, 0.2) is 0 Å². The summed E-state index contributed by atoms with van der Waals surface area (Å²) in [5.74, 6) is 4.64. The first-order valence-electron chi connectivity index (χ1n) is 10.8. The highest BCUT2D eigenvalue weighted by Gasteiger charge is 2.27. The van der Waals surface area contributed by atoms with Gasteiger partial charge < -0.3 is 15.5 Å². The van der Waals surface area contributed by atoms with Crippen molar-refractivity contribution in [1.29, 1.82) is 0 Å². The Morgan fingerprint density at radius 2 is 1.86 bits per heavy atom. The van der Waals surface area contributed by atoms with Crippen LogP contribution in [0.25, 0.3) is 0 Å². The van der Waals surface area contributed by atoms with E-state index in [-0.39, 0.29) is 0 Å². The molecule has 0 spiro atoms. The van der Waals surface area contributed by atoms with Gasteiger partial charge in [-0.2, -0.15) is 16.7 Å². The number of rotatable bonds is 5. The molecule has 2 atom stereocenters. The van der Waals surface area contributed by atoms with Crippen LogP contribution < -0.4 is 15.5 Å². The lowest BCUT2D eigenvalue weighted by atomic mass is 9.77. The molecule has 2 heterocycles. The molecule has 2 unspecified atom stereocenters. The van der Waals surface area contributed by atoms with Gasteiger partial charge in [0, 0.05) is 48.2 Å². The maximum absolute atomic E-state index is 4.71. The third-order valence-electron chi connectivity index (χ3n) is 6.27. The van der Waals surface area contributed by atoms with E-state index in [9.17, 15) is 0 Å². The Bertz CT molecular complexity index is 860. The van der Waals surface area contributed by atoms with Gasteiger partial charge in [-0.15, -0.1) is 0 Å². The van der Waals surface area contributed by atoms with Gasteiger partial charge in [-0.3, -0.25) is 0 Å². The van der Waals surface area contributed by atoms with Crippen LogP contribution in [-0.4, -0.2) is 40.6 Å². The second kappa shape index (κ2) is 8.66. The van der Waals surface area contributed by atoms with Crippen LogP contribution in [0.3, 0.4) is 0 Å². The molecule has 0 saturated carbocycles. The van der Waals surface area contributed by atoms with Crippen LogP contribution in [-0.2, 0) is 0 Å². The lowest BCUT2D eigenvalue weighted by Gasteiger charge is -2.34. The van der Waals surface area contributed by atoms with Gasteiger partial charge in [0.05, 0.1) is 0 Å². The minimum absolute atomic E-state index is 0.490. The van der Waals surface area contributed by atoms with Crippen molar-refractivity contribution >= 4 is 34.9 Å². The van der Waals surface area contributed by atoms with Crippen molar-refractivity contribution in [3.63, 3.8) is 0 Å². The lowest BCUT2D eigenvalue weighted by Crippen LogP contribution is -2.33. The fraction of sp³-hybridized carbons (Fsp3) is 0.478. The summed E-state index contributed by atoms with van der Waals surface area (Å²) < 4.78 is 0. The highest BCUT2D eigenvalue weighted by atomic mass is 32.2. The first kappa shape index (κ1) is 18.8. The molecule has 0 amide bonds. The summed E-state index contributed by atoms with van der Waals surface area (Å²) in [6.45, 7) is 2.26. The number of anilines is 4. The van der Waals surface area contributed by atoms with E-state index < -0.39 is 0 Å². The van der Waals surface area contributed by atoms with Crippen molar-refractivity contribution < 1.29 is 0 Å². The minimum Gasteiger partial charge on any atom is -0.370 e. The highest BCUT2D eigenvalue weighted by Crippen LogP contribution is 2.36. The lowest BCUT2D eigenvalue weighted by molar-refractivity contribution is 0.399. The Morgan fingerprint density at radius 3 is 2.72 bits per heavy atom. The number of thioether (sulfide) groups is 1. The highest BCUT2D eigenvalue weighted by molar-refractivity contribution is 7.99. The number of nitrogens with one attached hydrogen (secondary N) is 2. The van der Waals surface area contributed by atoms with Crippen LogP contribution in [0.1, 0.15) is 32.1 Å². The van der Waals surface area contributed by atoms with Crippen LogP contribution >= 0.6 is 11.8 Å². The fourth-order valence-electron chi connectivity index (χ4n) is 4.69. The van der Waals surface area contributed by atoms with Gasteiger partial charge in [0.25, 0.3) is 0 Å². The predicted molar refractivity (Wildman–Crippen MR) is 123 cm³/mol. The van der Waals surface area contributed by atoms with Gasteiger partial charge in [0.1, 0.15) is 5.82 Å². The van der Waals surface area contributed by atoms with Gasteiger partial charge in [-0.1, -0.05) is 11.6 Å². The molecule has 29 heavy (non-hydrogen) atoms. The number of hydrogen-bond donors (Lipinski definition) is 2. The molecule has 5 nitrogen and oxygen atoms in total. The molecule has 1 aliphatic heterocycles. The van der Waals surface area contributed by atoms with E-state index in [1.165, 1.54) is 49.3 Å². The van der Waals surface area contributed by atoms with Gasteiger partial charge in [0.2, 0.25) is 5.95 Å². The summed E-state index contributed by atoms with van der Waals surface area (Å²) in [4.78, 5) is 11.6. The van der Waals surface area contributed by atoms with E-state index in [4.69, 9.17) is 4.98 Å². The molecular formula is C23H29N5S. The van der Waals surface area contributed by atoms with Crippen LogP contribution in [0, 0.1) is 5.92 Å². The second-order valence-electron chi connectivity index (χ2n) is 8.21. The van der Waals surface area contributed by atoms with Gasteiger partial charge in [-0.25, -0.2) is 4.98 Å². The molecule has 2 aliphatic carbocycles. The Balaban J connectivity index is 1.23. The Labute approximate surface area is 177 Å². The predicted octanol–water partition coefficient (Wildman–Crippen LogP) is 5.07. The third kappa shape index (κ3) is 4.53. The number of nitrogens with zero attached hydrogens (tertiary/aromatic N) is 3. The van der Waals surface area contributed by atoms with Crippen molar-refractivity contribution in [3.8, 4) is 0 Å². The quantitative estimate of drug-likeness (QED) is 0.675. The number of hydrogen-bond acceptors (Lipinski definition) is 6. The molecule has 6 heteroatoms. The maximum Gasteiger partial charge on any atom is 0.229 e. The Kier molecular flexibility index (Phi) is 5.61. The molecule has 152 valence electrons. The first-order valence-corrected chi connectivity index (χ1v) is 12.0. The standard InChI is InChI=1S/C23H29N5S/c1-2-17-4-9-21(18(3-1)16-17)26-22-10-11-24-23(27-22)25-19-5-7-20(8-6-19)28-12-14-29-15-13-28/h5-8,10-11,16,18,21H,1-4,9,12-15H2,(H2,24,25,26,27). The average molecular weight is 408 g/mol. The zero-order valence-corrected chi connectivity index (χ0v) is 17.6. The SMILES string of the molecule is C1=C2CCCC1C(Nc1ccnc(Nc3ccc(N4CCSCC4)cc3)n1)CC2. The molecule has 1 fully saturated rings. The Hall–Kier alpha value is -2.21. The zero-order valence-electron chi connectivity index (χ0n) is 16.8. The van der Waals surface area contributed by atoms with Gasteiger partial charge >= 0.3 is 0 Å². The van der Waals surface area contributed by atoms with Crippen molar-refractivity contribution in [1.82, 2.24) is 9.97 Å². The minimum atomic E-state index is 0.490. The van der Waals surface area contributed by atoms with Crippen LogP contribution in [0.15, 0.2) is 48.2 Å². The van der Waals surface area contributed by atoms with E-state index in [0.29, 0.717) is 17.9 Å². The number of aromatic nitrogens is 2. The molecule has 5 rings (SSSR count). The van der Waals surface area contributed by atoms with Crippen molar-refractivity contribution in [2.24, 2.45) is 5.92 Å². The molecule has 2 bridgehead atoms. The van der Waals surface area contributed by atoms with E-state index in [1.807, 2.05) is 24.0 Å². The molecule has 1 aromatic carbocycles. The van der Waals surface area contributed by atoms with E-state index in [0.717, 1.165) is 24.6 Å². The van der Waals surface area contributed by atoms with Crippen molar-refractivity contribution in [3.05, 3.63) is 48.2 Å². The summed E-state index contributed by atoms with van der Waals surface area (Å²) in [6, 6.07) is 11.1. The summed E-state index contributed by atoms with van der Waals surface area (Å²) >= 11 is 2.04. The topological polar surface area (TPSA) is 53.1 Å². The monoisotopic (exact) mass is 407 g/mol. The molecule has 0 radical (unpaired) electrons. The average Bonchev–Trinajstić information content (AvgIpc) is 2.78. The molecule has 3 aliphatic rings. The largest absolute Gasteiger partial charge is 0.370 e. The van der Waals surface area contributed by atoms with Crippen LogP contribution in [0.2, 0.25) is 0 Å². The summed E-state index contributed by atoms with van der Waals surface area (Å²) in [5, 5.41) is 7.03. The Morgan fingerprint density at radius 1 is 1.00 bits per heavy atom. The summed E-state index contributed by atoms with van der Waals surface area (Å²) in [6.07, 6.45) is 10.7. The number of fused-ring (bicyclic) bond motifs is 1. The van der Waals surface area contributed by atoms with Crippen LogP contribution in [0.5, 0.6) is 0 Å².